The van der Waals surface area contributed by atoms with Crippen LogP contribution in [0.4, 0.5) is 0 Å². The van der Waals surface area contributed by atoms with Crippen molar-refractivity contribution in [3.05, 3.63) is 53.6 Å². The number of likely N-dealkylation sites (tertiary alicyclic amines) is 1. The van der Waals surface area contributed by atoms with Crippen molar-refractivity contribution >= 4 is 11.8 Å². The first kappa shape index (κ1) is 17.5. The third kappa shape index (κ3) is 3.01. The molecule has 2 N–H and O–H groups in total. The van der Waals surface area contributed by atoms with Gasteiger partial charge in [0.15, 0.2) is 0 Å². The van der Waals surface area contributed by atoms with Gasteiger partial charge in [-0.1, -0.05) is 24.3 Å². The van der Waals surface area contributed by atoms with Crippen LogP contribution < -0.4 is 5.32 Å². The lowest BCUT2D eigenvalue weighted by Crippen LogP contribution is -2.44. The number of aromatic nitrogens is 2. The number of nitrogens with one attached hydrogen (secondary N) is 2. The molecule has 2 aromatic rings. The third-order valence-corrected chi connectivity index (χ3v) is 6.82. The minimum Gasteiger partial charge on any atom is -0.355 e. The van der Waals surface area contributed by atoms with Gasteiger partial charge in [-0.05, 0) is 49.1 Å². The molecule has 1 saturated heterocycles. The van der Waals surface area contributed by atoms with Crippen LogP contribution in [0.3, 0.4) is 0 Å². The van der Waals surface area contributed by atoms with Crippen LogP contribution in [-0.2, 0) is 10.2 Å². The van der Waals surface area contributed by atoms with Gasteiger partial charge in [0, 0.05) is 25.0 Å². The van der Waals surface area contributed by atoms with Gasteiger partial charge in [-0.3, -0.25) is 9.59 Å². The molecule has 1 aromatic heterocycles. The summed E-state index contributed by atoms with van der Waals surface area (Å²) < 4.78 is 0. The molecule has 1 unspecified atom stereocenters. The van der Waals surface area contributed by atoms with E-state index in [4.69, 9.17) is 0 Å². The highest BCUT2D eigenvalue weighted by Crippen LogP contribution is 2.51. The smallest absolute Gasteiger partial charge is 0.271 e. The first-order valence-corrected chi connectivity index (χ1v) is 10.3. The summed E-state index contributed by atoms with van der Waals surface area (Å²) in [4.78, 5) is 34.3. The average molecular weight is 378 g/mol. The summed E-state index contributed by atoms with van der Waals surface area (Å²) in [6.45, 7) is 2.24. The van der Waals surface area contributed by atoms with Gasteiger partial charge in [0.05, 0.1) is 18.4 Å². The van der Waals surface area contributed by atoms with Gasteiger partial charge in [0.25, 0.3) is 5.91 Å². The zero-order valence-corrected chi connectivity index (χ0v) is 16.0. The summed E-state index contributed by atoms with van der Waals surface area (Å²) in [5, 5.41) is 3.18. The maximum absolute atomic E-state index is 12.9. The molecule has 1 saturated carbocycles. The van der Waals surface area contributed by atoms with Crippen molar-refractivity contribution in [2.75, 3.05) is 19.6 Å². The van der Waals surface area contributed by atoms with Gasteiger partial charge in [-0.25, -0.2) is 4.98 Å². The number of amides is 2. The Morgan fingerprint density at radius 3 is 2.71 bits per heavy atom. The van der Waals surface area contributed by atoms with Crippen LogP contribution in [-0.4, -0.2) is 46.3 Å². The summed E-state index contributed by atoms with van der Waals surface area (Å²) in [5.74, 6) is 0.806. The maximum Gasteiger partial charge on any atom is 0.271 e. The van der Waals surface area contributed by atoms with Gasteiger partial charge in [-0.2, -0.15) is 0 Å². The highest BCUT2D eigenvalue weighted by Gasteiger charge is 2.48. The average Bonchev–Trinajstić information content (AvgIpc) is 3.29. The molecule has 2 amide bonds. The number of H-pyrrole nitrogens is 1. The molecule has 2 fully saturated rings. The zero-order valence-electron chi connectivity index (χ0n) is 16.0. The second kappa shape index (κ2) is 6.76. The monoisotopic (exact) mass is 378 g/mol. The lowest BCUT2D eigenvalue weighted by Gasteiger charge is -2.40. The normalized spacial score (nSPS) is 22.9. The van der Waals surface area contributed by atoms with E-state index in [9.17, 15) is 9.59 Å². The van der Waals surface area contributed by atoms with Gasteiger partial charge >= 0.3 is 0 Å². The largest absolute Gasteiger partial charge is 0.355 e. The zero-order chi connectivity index (χ0) is 19.1. The topological polar surface area (TPSA) is 78.1 Å². The molecule has 0 bridgehead atoms. The minimum absolute atomic E-state index is 0.00292. The molecular weight excluding hydrogens is 352 g/mol. The summed E-state index contributed by atoms with van der Waals surface area (Å²) in [6, 6.07) is 8.42. The molecule has 1 spiro atoms. The van der Waals surface area contributed by atoms with Crippen molar-refractivity contribution in [1.82, 2.24) is 20.2 Å². The van der Waals surface area contributed by atoms with Crippen LogP contribution in [0.15, 0.2) is 36.8 Å². The number of carbonyl (C=O) groups excluding carboxylic acids is 2. The molecule has 1 aliphatic heterocycles. The van der Waals surface area contributed by atoms with E-state index < -0.39 is 0 Å². The van der Waals surface area contributed by atoms with E-state index in [0.29, 0.717) is 24.7 Å². The van der Waals surface area contributed by atoms with E-state index in [1.807, 2.05) is 11.0 Å². The highest BCUT2D eigenvalue weighted by atomic mass is 16.2. The summed E-state index contributed by atoms with van der Waals surface area (Å²) in [6.07, 6.45) is 8.26. The van der Waals surface area contributed by atoms with E-state index in [2.05, 4.69) is 33.5 Å². The molecule has 2 heterocycles. The molecule has 28 heavy (non-hydrogen) atoms. The molecule has 0 radical (unpaired) electrons. The van der Waals surface area contributed by atoms with Gasteiger partial charge < -0.3 is 15.2 Å². The van der Waals surface area contributed by atoms with Crippen LogP contribution in [0, 0.1) is 5.92 Å². The Hall–Kier alpha value is -2.63. The van der Waals surface area contributed by atoms with Gasteiger partial charge in [0.1, 0.15) is 5.69 Å². The van der Waals surface area contributed by atoms with Crippen LogP contribution in [0.25, 0.3) is 0 Å². The Kier molecular flexibility index (Phi) is 4.22. The minimum atomic E-state index is -0.0650. The molecule has 6 heteroatoms. The second-order valence-corrected chi connectivity index (χ2v) is 8.57. The lowest BCUT2D eigenvalue weighted by molar-refractivity contribution is -0.122. The van der Waals surface area contributed by atoms with E-state index >= 15 is 0 Å². The molecule has 6 nitrogen and oxygen atoms in total. The fourth-order valence-electron chi connectivity index (χ4n) is 4.97. The molecule has 2 aliphatic carbocycles. The number of piperidine rings is 1. The Morgan fingerprint density at radius 1 is 1.21 bits per heavy atom. The first-order valence-electron chi connectivity index (χ1n) is 10.3. The Labute approximate surface area is 164 Å². The quantitative estimate of drug-likeness (QED) is 0.858. The van der Waals surface area contributed by atoms with E-state index in [1.54, 1.807) is 6.20 Å². The molecule has 3 aliphatic rings. The van der Waals surface area contributed by atoms with Crippen molar-refractivity contribution in [2.24, 2.45) is 5.92 Å². The summed E-state index contributed by atoms with van der Waals surface area (Å²) in [7, 11) is 0. The number of aromatic amines is 1. The predicted octanol–water partition coefficient (Wildman–Crippen LogP) is 2.60. The maximum atomic E-state index is 12.9. The highest BCUT2D eigenvalue weighted by molar-refractivity contribution is 5.92. The van der Waals surface area contributed by atoms with E-state index in [1.165, 1.54) is 30.3 Å². The first-order chi connectivity index (χ1) is 13.7. The number of rotatable bonds is 4. The van der Waals surface area contributed by atoms with Crippen molar-refractivity contribution in [2.45, 2.75) is 43.4 Å². The van der Waals surface area contributed by atoms with Crippen molar-refractivity contribution in [3.63, 3.8) is 0 Å². The number of nitrogens with zero attached hydrogens (tertiary/aromatic N) is 2. The number of carbonyl (C=O) groups is 2. The fourth-order valence-corrected chi connectivity index (χ4v) is 4.97. The Bertz CT molecular complexity index is 880. The van der Waals surface area contributed by atoms with Crippen LogP contribution >= 0.6 is 0 Å². The SMILES string of the molecule is O=C(NCC1CC1)C1CC2(CCN(C(=O)c3cnc[nH]3)CC2)c2ccccc21. The van der Waals surface area contributed by atoms with Gasteiger partial charge in [0.2, 0.25) is 5.91 Å². The second-order valence-electron chi connectivity index (χ2n) is 8.57. The number of imidazole rings is 1. The van der Waals surface area contributed by atoms with Crippen LogP contribution in [0.5, 0.6) is 0 Å². The molecule has 1 atom stereocenters. The number of hydrogen-bond acceptors (Lipinski definition) is 3. The molecule has 146 valence electrons. The lowest BCUT2D eigenvalue weighted by atomic mass is 9.73. The van der Waals surface area contributed by atoms with Crippen LogP contribution in [0.1, 0.15) is 59.6 Å². The van der Waals surface area contributed by atoms with E-state index in [0.717, 1.165) is 25.8 Å². The summed E-state index contributed by atoms with van der Waals surface area (Å²) >= 11 is 0. The Balaban J connectivity index is 1.32. The van der Waals surface area contributed by atoms with Crippen molar-refractivity contribution in [1.29, 1.82) is 0 Å². The van der Waals surface area contributed by atoms with E-state index in [-0.39, 0.29) is 23.1 Å². The van der Waals surface area contributed by atoms with Gasteiger partial charge in [-0.15, -0.1) is 0 Å². The number of fused-ring (bicyclic) bond motifs is 2. The number of benzene rings is 1. The molecule has 1 aromatic carbocycles. The fraction of sp³-hybridized carbons (Fsp3) is 0.500. The molecule has 5 rings (SSSR count). The van der Waals surface area contributed by atoms with Crippen molar-refractivity contribution in [3.8, 4) is 0 Å². The Morgan fingerprint density at radius 2 is 2.00 bits per heavy atom. The molecular formula is C22H26N4O2. The van der Waals surface area contributed by atoms with Crippen LogP contribution in [0.2, 0.25) is 0 Å². The van der Waals surface area contributed by atoms with Crippen molar-refractivity contribution < 1.29 is 9.59 Å². The number of hydrogen-bond donors (Lipinski definition) is 2. The summed E-state index contributed by atoms with van der Waals surface area (Å²) in [5.41, 5.74) is 3.04. The third-order valence-electron chi connectivity index (χ3n) is 6.82. The predicted molar refractivity (Wildman–Crippen MR) is 105 cm³/mol. The standard InChI is InChI=1S/C22H26N4O2/c27-20(24-12-15-5-6-15)17-11-22(18-4-2-1-3-16(17)18)7-9-26(10-8-22)21(28)19-13-23-14-25-19/h1-4,13-15,17H,5-12H2,(H,23,25)(H,24,27).